The second-order valence-corrected chi connectivity index (χ2v) is 6.57. The van der Waals surface area contributed by atoms with Gasteiger partial charge in [-0.15, -0.1) is 0 Å². The average Bonchev–Trinajstić information content (AvgIpc) is 3.22. The Labute approximate surface area is 158 Å². The SMILES string of the molecule is O=C(COc1ccccc1)N1CCN(C2CCCC2)CC1.O=C(O)C(=O)O. The Bertz CT molecular complexity index is 610. The van der Waals surface area contributed by atoms with Gasteiger partial charge in [-0.25, -0.2) is 9.59 Å². The predicted molar refractivity (Wildman–Crippen MR) is 97.6 cm³/mol. The number of carboxylic acids is 2. The van der Waals surface area contributed by atoms with Gasteiger partial charge in [0.05, 0.1) is 0 Å². The maximum absolute atomic E-state index is 12.2. The summed E-state index contributed by atoms with van der Waals surface area (Å²) in [6.45, 7) is 3.86. The van der Waals surface area contributed by atoms with Gasteiger partial charge in [0.1, 0.15) is 5.75 Å². The summed E-state index contributed by atoms with van der Waals surface area (Å²) in [5.41, 5.74) is 0. The van der Waals surface area contributed by atoms with Gasteiger partial charge in [0.2, 0.25) is 0 Å². The Hall–Kier alpha value is -2.61. The van der Waals surface area contributed by atoms with E-state index in [1.807, 2.05) is 35.2 Å². The fourth-order valence-electron chi connectivity index (χ4n) is 3.36. The Morgan fingerprint density at radius 3 is 2.00 bits per heavy atom. The number of ether oxygens (including phenoxy) is 1. The largest absolute Gasteiger partial charge is 0.484 e. The molecule has 2 aliphatic rings. The van der Waals surface area contributed by atoms with Crippen molar-refractivity contribution in [2.75, 3.05) is 32.8 Å². The topological polar surface area (TPSA) is 107 Å². The number of hydrogen-bond acceptors (Lipinski definition) is 5. The van der Waals surface area contributed by atoms with E-state index in [2.05, 4.69) is 4.90 Å². The van der Waals surface area contributed by atoms with Crippen molar-refractivity contribution in [1.82, 2.24) is 9.80 Å². The first-order chi connectivity index (χ1) is 13.0. The zero-order chi connectivity index (χ0) is 19.6. The van der Waals surface area contributed by atoms with E-state index in [1.165, 1.54) is 25.7 Å². The second kappa shape index (κ2) is 10.5. The molecular formula is C19H26N2O6. The number of carboxylic acid groups (broad SMARTS) is 2. The third-order valence-corrected chi connectivity index (χ3v) is 4.80. The molecule has 1 aromatic rings. The minimum absolute atomic E-state index is 0.102. The van der Waals surface area contributed by atoms with Gasteiger partial charge >= 0.3 is 11.9 Å². The predicted octanol–water partition coefficient (Wildman–Crippen LogP) is 1.31. The van der Waals surface area contributed by atoms with Crippen molar-refractivity contribution in [3.05, 3.63) is 30.3 Å². The van der Waals surface area contributed by atoms with Gasteiger partial charge in [-0.05, 0) is 25.0 Å². The molecule has 1 aliphatic heterocycles. The van der Waals surface area contributed by atoms with Crippen molar-refractivity contribution in [2.24, 2.45) is 0 Å². The van der Waals surface area contributed by atoms with Crippen LogP contribution in [0, 0.1) is 0 Å². The van der Waals surface area contributed by atoms with Crippen LogP contribution in [0.2, 0.25) is 0 Å². The molecule has 0 bridgehead atoms. The van der Waals surface area contributed by atoms with Crippen molar-refractivity contribution < 1.29 is 29.3 Å². The fraction of sp³-hybridized carbons (Fsp3) is 0.526. The van der Waals surface area contributed by atoms with Crippen molar-refractivity contribution in [3.63, 3.8) is 0 Å². The summed E-state index contributed by atoms with van der Waals surface area (Å²) in [6.07, 6.45) is 5.42. The molecule has 3 rings (SSSR count). The van der Waals surface area contributed by atoms with Crippen LogP contribution >= 0.6 is 0 Å². The second-order valence-electron chi connectivity index (χ2n) is 6.57. The molecule has 0 aromatic heterocycles. The van der Waals surface area contributed by atoms with E-state index in [4.69, 9.17) is 24.5 Å². The first-order valence-corrected chi connectivity index (χ1v) is 9.13. The number of carbonyl (C=O) groups excluding carboxylic acids is 1. The average molecular weight is 378 g/mol. The molecule has 2 N–H and O–H groups in total. The highest BCUT2D eigenvalue weighted by atomic mass is 16.5. The van der Waals surface area contributed by atoms with E-state index >= 15 is 0 Å². The Kier molecular flexibility index (Phi) is 8.06. The lowest BCUT2D eigenvalue weighted by atomic mass is 10.2. The number of piperazine rings is 1. The summed E-state index contributed by atoms with van der Waals surface area (Å²) < 4.78 is 5.54. The fourth-order valence-corrected chi connectivity index (χ4v) is 3.36. The molecule has 27 heavy (non-hydrogen) atoms. The Morgan fingerprint density at radius 1 is 0.926 bits per heavy atom. The van der Waals surface area contributed by atoms with Crippen LogP contribution in [0.3, 0.4) is 0 Å². The maximum Gasteiger partial charge on any atom is 0.414 e. The third kappa shape index (κ3) is 6.90. The minimum Gasteiger partial charge on any atom is -0.484 e. The summed E-state index contributed by atoms with van der Waals surface area (Å²) in [5, 5.41) is 14.8. The van der Waals surface area contributed by atoms with E-state index in [0.29, 0.717) is 0 Å². The molecule has 0 spiro atoms. The molecule has 1 heterocycles. The smallest absolute Gasteiger partial charge is 0.414 e. The van der Waals surface area contributed by atoms with Crippen LogP contribution in [-0.2, 0) is 14.4 Å². The number of carbonyl (C=O) groups is 3. The van der Waals surface area contributed by atoms with Crippen molar-refractivity contribution in [3.8, 4) is 5.75 Å². The molecule has 8 nitrogen and oxygen atoms in total. The molecule has 8 heteroatoms. The highest BCUT2D eigenvalue weighted by Crippen LogP contribution is 2.24. The van der Waals surface area contributed by atoms with Gasteiger partial charge in [0, 0.05) is 32.2 Å². The normalized spacial score (nSPS) is 17.7. The van der Waals surface area contributed by atoms with Gasteiger partial charge in [0.15, 0.2) is 6.61 Å². The number of aliphatic carboxylic acids is 2. The molecule has 148 valence electrons. The van der Waals surface area contributed by atoms with Crippen molar-refractivity contribution in [1.29, 1.82) is 0 Å². The first-order valence-electron chi connectivity index (χ1n) is 9.13. The highest BCUT2D eigenvalue weighted by molar-refractivity contribution is 6.27. The Morgan fingerprint density at radius 2 is 1.48 bits per heavy atom. The first kappa shape index (κ1) is 20.7. The van der Waals surface area contributed by atoms with Gasteiger partial charge in [-0.3, -0.25) is 9.69 Å². The number of para-hydroxylation sites is 1. The lowest BCUT2D eigenvalue weighted by Gasteiger charge is -2.38. The lowest BCUT2D eigenvalue weighted by Crippen LogP contribution is -2.52. The number of rotatable bonds is 4. The van der Waals surface area contributed by atoms with E-state index < -0.39 is 11.9 Å². The van der Waals surface area contributed by atoms with Crippen molar-refractivity contribution >= 4 is 17.8 Å². The molecule has 0 unspecified atom stereocenters. The highest BCUT2D eigenvalue weighted by Gasteiger charge is 2.27. The monoisotopic (exact) mass is 378 g/mol. The zero-order valence-corrected chi connectivity index (χ0v) is 15.2. The number of hydrogen-bond donors (Lipinski definition) is 2. The van der Waals surface area contributed by atoms with E-state index in [-0.39, 0.29) is 12.5 Å². The van der Waals surface area contributed by atoms with E-state index in [9.17, 15) is 4.79 Å². The van der Waals surface area contributed by atoms with Crippen LogP contribution in [0.4, 0.5) is 0 Å². The van der Waals surface area contributed by atoms with Crippen LogP contribution in [0.15, 0.2) is 30.3 Å². The summed E-state index contributed by atoms with van der Waals surface area (Å²) >= 11 is 0. The lowest BCUT2D eigenvalue weighted by molar-refractivity contribution is -0.159. The molecular weight excluding hydrogens is 352 g/mol. The molecule has 1 saturated carbocycles. The van der Waals surface area contributed by atoms with Crippen LogP contribution in [0.1, 0.15) is 25.7 Å². The molecule has 0 atom stereocenters. The Balaban J connectivity index is 0.000000380. The summed E-state index contributed by atoms with van der Waals surface area (Å²) in [5.74, 6) is -2.79. The summed E-state index contributed by atoms with van der Waals surface area (Å²) in [4.78, 5) is 34.9. The molecule has 1 amide bonds. The standard InChI is InChI=1S/C17H24N2O2.C2H2O4/c20-17(14-21-16-8-2-1-3-9-16)19-12-10-18(11-13-19)15-6-4-5-7-15;3-1(4)2(5)6/h1-3,8-9,15H,4-7,10-14H2;(H,3,4)(H,5,6). The number of amides is 1. The van der Waals surface area contributed by atoms with E-state index in [0.717, 1.165) is 38.0 Å². The molecule has 1 aliphatic carbocycles. The molecule has 0 radical (unpaired) electrons. The van der Waals surface area contributed by atoms with Crippen LogP contribution in [-0.4, -0.2) is 76.7 Å². The molecule has 1 aromatic carbocycles. The van der Waals surface area contributed by atoms with E-state index in [1.54, 1.807) is 0 Å². The summed E-state index contributed by atoms with van der Waals surface area (Å²) in [7, 11) is 0. The van der Waals surface area contributed by atoms with Crippen LogP contribution in [0.25, 0.3) is 0 Å². The minimum atomic E-state index is -1.82. The number of benzene rings is 1. The van der Waals surface area contributed by atoms with Crippen molar-refractivity contribution in [2.45, 2.75) is 31.7 Å². The third-order valence-electron chi connectivity index (χ3n) is 4.80. The maximum atomic E-state index is 12.2. The quantitative estimate of drug-likeness (QED) is 0.761. The molecule has 1 saturated heterocycles. The van der Waals surface area contributed by atoms with Crippen LogP contribution in [0.5, 0.6) is 5.75 Å². The van der Waals surface area contributed by atoms with Crippen LogP contribution < -0.4 is 4.74 Å². The summed E-state index contributed by atoms with van der Waals surface area (Å²) in [6, 6.07) is 10.3. The van der Waals surface area contributed by atoms with Gasteiger partial charge in [-0.2, -0.15) is 0 Å². The van der Waals surface area contributed by atoms with Gasteiger partial charge < -0.3 is 19.8 Å². The zero-order valence-electron chi connectivity index (χ0n) is 15.2. The van der Waals surface area contributed by atoms with Gasteiger partial charge in [-0.1, -0.05) is 31.0 Å². The number of nitrogens with zero attached hydrogens (tertiary/aromatic N) is 2. The molecule has 2 fully saturated rings. The van der Waals surface area contributed by atoms with Gasteiger partial charge in [0.25, 0.3) is 5.91 Å².